The number of rotatable bonds is 0. The maximum atomic E-state index is 12.4. The molecule has 0 atom stereocenters. The van der Waals surface area contributed by atoms with Crippen molar-refractivity contribution >= 4 is 11.6 Å². The molecule has 0 bridgehead atoms. The molecule has 0 amide bonds. The molecule has 0 N–H and O–H groups in total. The summed E-state index contributed by atoms with van der Waals surface area (Å²) in [5.74, 6) is 0.131. The van der Waals surface area contributed by atoms with Gasteiger partial charge in [-0.25, -0.2) is 4.98 Å². The van der Waals surface area contributed by atoms with Crippen LogP contribution in [0.3, 0.4) is 0 Å². The van der Waals surface area contributed by atoms with Crippen LogP contribution in [0.15, 0.2) is 30.6 Å². The fourth-order valence-corrected chi connectivity index (χ4v) is 2.38. The minimum atomic E-state index is -0.188. The number of carbonyl (C=O) groups excluding carboxylic acids is 1. The Morgan fingerprint density at radius 1 is 1.21 bits per heavy atom. The van der Waals surface area contributed by atoms with Crippen LogP contribution >= 0.6 is 0 Å². The summed E-state index contributed by atoms with van der Waals surface area (Å²) in [7, 11) is 0. The molecule has 2 heterocycles. The molecule has 6 nitrogen and oxygen atoms in total. The Bertz CT molecular complexity index is 903. The minimum absolute atomic E-state index is 0.179. The Kier molecular flexibility index (Phi) is 1.69. The van der Waals surface area contributed by atoms with Crippen molar-refractivity contribution in [3.63, 3.8) is 0 Å². The second-order valence-electron chi connectivity index (χ2n) is 4.14. The van der Waals surface area contributed by atoms with Crippen LogP contribution in [0.5, 0.6) is 0 Å². The van der Waals surface area contributed by atoms with E-state index in [1.807, 2.05) is 18.2 Å². The molecule has 19 heavy (non-hydrogen) atoms. The van der Waals surface area contributed by atoms with Gasteiger partial charge in [0.15, 0.2) is 11.5 Å². The molecule has 0 aliphatic heterocycles. The number of nitriles is 1. The molecule has 4 rings (SSSR count). The summed E-state index contributed by atoms with van der Waals surface area (Å²) in [5.41, 5.74) is 2.30. The van der Waals surface area contributed by atoms with E-state index in [2.05, 4.69) is 15.1 Å². The molecule has 0 saturated heterocycles. The minimum Gasteiger partial charge on any atom is -0.288 e. The molecule has 2 aromatic heterocycles. The Morgan fingerprint density at radius 3 is 2.79 bits per heavy atom. The molecule has 0 unspecified atom stereocenters. The lowest BCUT2D eigenvalue weighted by molar-refractivity contribution is 0.104. The molecule has 3 aromatic rings. The van der Waals surface area contributed by atoms with E-state index in [0.717, 1.165) is 5.56 Å². The molecule has 1 aromatic carbocycles. The zero-order valence-electron chi connectivity index (χ0n) is 9.53. The van der Waals surface area contributed by atoms with Crippen molar-refractivity contribution in [2.75, 3.05) is 0 Å². The first kappa shape index (κ1) is 9.91. The molecule has 0 fully saturated rings. The van der Waals surface area contributed by atoms with Crippen LogP contribution in [0, 0.1) is 11.3 Å². The molecular weight excluding hydrogens is 242 g/mol. The van der Waals surface area contributed by atoms with Gasteiger partial charge in [0, 0.05) is 11.1 Å². The topological polar surface area (TPSA) is 83.9 Å². The Labute approximate surface area is 107 Å². The second-order valence-corrected chi connectivity index (χ2v) is 4.14. The number of nitrogens with zero attached hydrogens (tertiary/aromatic N) is 5. The van der Waals surface area contributed by atoms with Crippen LogP contribution in [0.25, 0.3) is 17.0 Å². The first-order valence-electron chi connectivity index (χ1n) is 5.59. The third-order valence-electron chi connectivity index (χ3n) is 3.19. The summed E-state index contributed by atoms with van der Waals surface area (Å²) in [6.45, 7) is 0. The number of hydrogen-bond acceptors (Lipinski definition) is 5. The lowest BCUT2D eigenvalue weighted by Crippen LogP contribution is -2.07. The number of fused-ring (bicyclic) bond motifs is 4. The number of ketones is 1. The second kappa shape index (κ2) is 3.23. The predicted molar refractivity (Wildman–Crippen MR) is 64.4 cm³/mol. The molecule has 88 valence electrons. The number of hydrogen-bond donors (Lipinski definition) is 0. The number of carbonyl (C=O) groups is 1. The third kappa shape index (κ3) is 1.09. The standard InChI is InChI=1S/C13H5N5O/c14-5-9-10-11(17-13-15-6-16-18(9)13)7-3-1-2-4-8(7)12(10)19/h1-4,6H. The van der Waals surface area contributed by atoms with Gasteiger partial charge in [-0.15, -0.1) is 0 Å². The molecule has 1 aliphatic carbocycles. The highest BCUT2D eigenvalue weighted by molar-refractivity contribution is 6.22. The van der Waals surface area contributed by atoms with Gasteiger partial charge in [0.1, 0.15) is 12.4 Å². The molecule has 0 radical (unpaired) electrons. The average molecular weight is 247 g/mol. The van der Waals surface area contributed by atoms with Gasteiger partial charge in [0.05, 0.1) is 11.3 Å². The van der Waals surface area contributed by atoms with Gasteiger partial charge in [-0.3, -0.25) is 4.79 Å². The summed E-state index contributed by atoms with van der Waals surface area (Å²) in [4.78, 5) is 20.7. The fraction of sp³-hybridized carbons (Fsp3) is 0. The van der Waals surface area contributed by atoms with Crippen molar-refractivity contribution in [2.24, 2.45) is 0 Å². The zero-order chi connectivity index (χ0) is 13.0. The van der Waals surface area contributed by atoms with E-state index in [4.69, 9.17) is 0 Å². The molecule has 6 heteroatoms. The van der Waals surface area contributed by atoms with E-state index >= 15 is 0 Å². The summed E-state index contributed by atoms with van der Waals surface area (Å²) >= 11 is 0. The fourth-order valence-electron chi connectivity index (χ4n) is 2.38. The lowest BCUT2D eigenvalue weighted by Gasteiger charge is -2.01. The summed E-state index contributed by atoms with van der Waals surface area (Å²) in [6, 6.07) is 9.20. The maximum absolute atomic E-state index is 12.4. The number of benzene rings is 1. The van der Waals surface area contributed by atoms with Crippen molar-refractivity contribution in [1.29, 1.82) is 5.26 Å². The highest BCUT2D eigenvalue weighted by atomic mass is 16.1. The van der Waals surface area contributed by atoms with Gasteiger partial charge < -0.3 is 0 Å². The molecular formula is C13H5N5O. The van der Waals surface area contributed by atoms with Gasteiger partial charge in [0.2, 0.25) is 0 Å². The van der Waals surface area contributed by atoms with Crippen LogP contribution in [-0.4, -0.2) is 25.4 Å². The molecule has 0 spiro atoms. The van der Waals surface area contributed by atoms with E-state index in [-0.39, 0.29) is 11.5 Å². The van der Waals surface area contributed by atoms with Crippen molar-refractivity contribution in [3.8, 4) is 17.3 Å². The van der Waals surface area contributed by atoms with E-state index in [1.165, 1.54) is 10.8 Å². The summed E-state index contributed by atoms with van der Waals surface area (Å²) in [5, 5.41) is 13.2. The Hall–Kier alpha value is -3.07. The zero-order valence-corrected chi connectivity index (χ0v) is 9.53. The predicted octanol–water partition coefficient (Wildman–Crippen LogP) is 1.21. The smallest absolute Gasteiger partial charge is 0.253 e. The van der Waals surface area contributed by atoms with E-state index < -0.39 is 0 Å². The van der Waals surface area contributed by atoms with Crippen molar-refractivity contribution < 1.29 is 4.79 Å². The van der Waals surface area contributed by atoms with Crippen LogP contribution in [0.1, 0.15) is 21.6 Å². The SMILES string of the molecule is N#Cc1c2c(nc3ncnn13)-c1ccccc1C2=O. The first-order chi connectivity index (χ1) is 9.31. The highest BCUT2D eigenvalue weighted by Crippen LogP contribution is 2.36. The largest absolute Gasteiger partial charge is 0.288 e. The quantitative estimate of drug-likeness (QED) is 0.466. The van der Waals surface area contributed by atoms with E-state index in [0.29, 0.717) is 22.6 Å². The summed E-state index contributed by atoms with van der Waals surface area (Å²) in [6.07, 6.45) is 1.31. The Morgan fingerprint density at radius 2 is 2.00 bits per heavy atom. The highest BCUT2D eigenvalue weighted by Gasteiger charge is 2.32. The van der Waals surface area contributed by atoms with Gasteiger partial charge in [-0.1, -0.05) is 24.3 Å². The average Bonchev–Trinajstić information content (AvgIpc) is 3.02. The van der Waals surface area contributed by atoms with Crippen molar-refractivity contribution in [2.45, 2.75) is 0 Å². The van der Waals surface area contributed by atoms with Gasteiger partial charge >= 0.3 is 0 Å². The van der Waals surface area contributed by atoms with Gasteiger partial charge in [-0.2, -0.15) is 19.9 Å². The normalized spacial score (nSPS) is 12.3. The first-order valence-corrected chi connectivity index (χ1v) is 5.59. The van der Waals surface area contributed by atoms with Crippen molar-refractivity contribution in [1.82, 2.24) is 19.6 Å². The van der Waals surface area contributed by atoms with E-state index in [9.17, 15) is 10.1 Å². The molecule has 0 saturated carbocycles. The molecule has 1 aliphatic rings. The summed E-state index contributed by atoms with van der Waals surface area (Å²) < 4.78 is 1.29. The van der Waals surface area contributed by atoms with Crippen molar-refractivity contribution in [3.05, 3.63) is 47.4 Å². The van der Waals surface area contributed by atoms with Crippen LogP contribution in [-0.2, 0) is 0 Å². The maximum Gasteiger partial charge on any atom is 0.253 e. The van der Waals surface area contributed by atoms with Crippen LogP contribution < -0.4 is 0 Å². The third-order valence-corrected chi connectivity index (χ3v) is 3.19. The Balaban J connectivity index is 2.23. The lowest BCUT2D eigenvalue weighted by atomic mass is 10.1. The number of aromatic nitrogens is 4. The van der Waals surface area contributed by atoms with E-state index in [1.54, 1.807) is 12.1 Å². The van der Waals surface area contributed by atoms with Crippen LogP contribution in [0.2, 0.25) is 0 Å². The van der Waals surface area contributed by atoms with Gasteiger partial charge in [-0.05, 0) is 0 Å². The monoisotopic (exact) mass is 247 g/mol. The van der Waals surface area contributed by atoms with Crippen LogP contribution in [0.4, 0.5) is 0 Å². The van der Waals surface area contributed by atoms with Gasteiger partial charge in [0.25, 0.3) is 5.78 Å².